The number of carbonyl (C=O) groups is 1. The number of methoxy groups -OCH3 is 1. The van der Waals surface area contributed by atoms with Crippen LogP contribution in [0.25, 0.3) is 0 Å². The second-order valence-electron chi connectivity index (χ2n) is 4.38. The molecule has 0 spiro atoms. The smallest absolute Gasteiger partial charge is 0.307 e. The maximum Gasteiger partial charge on any atom is 0.307 e. The molecule has 0 saturated carbocycles. The lowest BCUT2D eigenvalue weighted by Gasteiger charge is -2.23. The SMILES string of the molecule is CCN(CCC(=O)OC)c1ncnc2c1CCC2. The first-order valence-electron chi connectivity index (χ1n) is 6.40. The fourth-order valence-electron chi connectivity index (χ4n) is 2.36. The van der Waals surface area contributed by atoms with Crippen LogP contribution < -0.4 is 4.90 Å². The van der Waals surface area contributed by atoms with Gasteiger partial charge >= 0.3 is 5.97 Å². The zero-order valence-corrected chi connectivity index (χ0v) is 11.0. The van der Waals surface area contributed by atoms with Crippen LogP contribution in [0.1, 0.15) is 31.0 Å². The summed E-state index contributed by atoms with van der Waals surface area (Å²) in [7, 11) is 1.42. The Balaban J connectivity index is 2.13. The summed E-state index contributed by atoms with van der Waals surface area (Å²) in [6.45, 7) is 3.55. The van der Waals surface area contributed by atoms with Gasteiger partial charge in [0.15, 0.2) is 0 Å². The molecule has 0 saturated heterocycles. The highest BCUT2D eigenvalue weighted by Crippen LogP contribution is 2.27. The molecule has 0 aromatic carbocycles. The maximum atomic E-state index is 11.2. The number of aryl methyl sites for hydroxylation is 1. The van der Waals surface area contributed by atoms with E-state index in [-0.39, 0.29) is 5.97 Å². The molecule has 98 valence electrons. The van der Waals surface area contributed by atoms with Crippen LogP contribution in [0.3, 0.4) is 0 Å². The number of rotatable bonds is 5. The van der Waals surface area contributed by atoms with E-state index in [1.54, 1.807) is 6.33 Å². The van der Waals surface area contributed by atoms with Gasteiger partial charge in [0, 0.05) is 24.3 Å². The lowest BCUT2D eigenvalue weighted by atomic mass is 10.2. The topological polar surface area (TPSA) is 55.3 Å². The fourth-order valence-corrected chi connectivity index (χ4v) is 2.36. The zero-order chi connectivity index (χ0) is 13.0. The summed E-state index contributed by atoms with van der Waals surface area (Å²) < 4.78 is 4.68. The van der Waals surface area contributed by atoms with Crippen molar-refractivity contribution in [2.45, 2.75) is 32.6 Å². The Bertz CT molecular complexity index is 434. The van der Waals surface area contributed by atoms with Crippen LogP contribution in [-0.2, 0) is 22.4 Å². The number of aromatic nitrogens is 2. The van der Waals surface area contributed by atoms with Gasteiger partial charge in [0.25, 0.3) is 0 Å². The molecule has 0 radical (unpaired) electrons. The highest BCUT2D eigenvalue weighted by atomic mass is 16.5. The third-order valence-electron chi connectivity index (χ3n) is 3.35. The zero-order valence-electron chi connectivity index (χ0n) is 11.0. The number of hydrogen-bond acceptors (Lipinski definition) is 5. The Morgan fingerprint density at radius 3 is 3.00 bits per heavy atom. The Morgan fingerprint density at radius 2 is 2.28 bits per heavy atom. The van der Waals surface area contributed by atoms with Crippen LogP contribution in [-0.4, -0.2) is 36.1 Å². The summed E-state index contributed by atoms with van der Waals surface area (Å²) in [5.41, 5.74) is 2.42. The van der Waals surface area contributed by atoms with E-state index in [1.165, 1.54) is 12.7 Å². The number of hydrogen-bond donors (Lipinski definition) is 0. The third kappa shape index (κ3) is 2.60. The average molecular weight is 249 g/mol. The van der Waals surface area contributed by atoms with Crippen LogP contribution in [0.15, 0.2) is 6.33 Å². The van der Waals surface area contributed by atoms with E-state index in [0.717, 1.165) is 37.3 Å². The Hall–Kier alpha value is -1.65. The van der Waals surface area contributed by atoms with Crippen molar-refractivity contribution in [3.8, 4) is 0 Å². The monoisotopic (exact) mass is 249 g/mol. The Kier molecular flexibility index (Phi) is 4.12. The molecule has 0 bridgehead atoms. The molecule has 0 N–H and O–H groups in total. The van der Waals surface area contributed by atoms with Gasteiger partial charge in [0.2, 0.25) is 0 Å². The number of carbonyl (C=O) groups excluding carboxylic acids is 1. The number of fused-ring (bicyclic) bond motifs is 1. The fraction of sp³-hybridized carbons (Fsp3) is 0.615. The highest BCUT2D eigenvalue weighted by Gasteiger charge is 2.20. The molecular formula is C13H19N3O2. The third-order valence-corrected chi connectivity index (χ3v) is 3.35. The maximum absolute atomic E-state index is 11.2. The van der Waals surface area contributed by atoms with Crippen molar-refractivity contribution in [2.24, 2.45) is 0 Å². The molecule has 1 heterocycles. The van der Waals surface area contributed by atoms with Crippen LogP contribution in [0.5, 0.6) is 0 Å². The van der Waals surface area contributed by atoms with Crippen molar-refractivity contribution in [3.63, 3.8) is 0 Å². The molecule has 1 aromatic rings. The second kappa shape index (κ2) is 5.80. The standard InChI is InChI=1S/C13H19N3O2/c1-3-16(8-7-12(17)18-2)13-10-5-4-6-11(10)14-9-15-13/h9H,3-8H2,1-2H3. The summed E-state index contributed by atoms with van der Waals surface area (Å²) in [5, 5.41) is 0. The Morgan fingerprint density at radius 1 is 1.44 bits per heavy atom. The first kappa shape index (κ1) is 12.8. The van der Waals surface area contributed by atoms with E-state index in [9.17, 15) is 4.79 Å². The number of ether oxygens (including phenoxy) is 1. The molecule has 1 aromatic heterocycles. The molecule has 0 fully saturated rings. The van der Waals surface area contributed by atoms with E-state index < -0.39 is 0 Å². The average Bonchev–Trinajstić information content (AvgIpc) is 2.88. The van der Waals surface area contributed by atoms with Crippen molar-refractivity contribution in [1.82, 2.24) is 9.97 Å². The van der Waals surface area contributed by atoms with E-state index in [4.69, 9.17) is 0 Å². The first-order valence-corrected chi connectivity index (χ1v) is 6.40. The minimum absolute atomic E-state index is 0.181. The lowest BCUT2D eigenvalue weighted by Crippen LogP contribution is -2.28. The number of nitrogens with zero attached hydrogens (tertiary/aromatic N) is 3. The van der Waals surface area contributed by atoms with E-state index in [1.807, 2.05) is 0 Å². The summed E-state index contributed by atoms with van der Waals surface area (Å²) >= 11 is 0. The van der Waals surface area contributed by atoms with E-state index in [2.05, 4.69) is 26.5 Å². The molecule has 5 nitrogen and oxygen atoms in total. The van der Waals surface area contributed by atoms with Gasteiger partial charge in [-0.15, -0.1) is 0 Å². The van der Waals surface area contributed by atoms with Crippen LogP contribution in [0.4, 0.5) is 5.82 Å². The van der Waals surface area contributed by atoms with Crippen molar-refractivity contribution in [3.05, 3.63) is 17.6 Å². The molecule has 18 heavy (non-hydrogen) atoms. The van der Waals surface area contributed by atoms with Gasteiger partial charge in [-0.3, -0.25) is 4.79 Å². The van der Waals surface area contributed by atoms with Gasteiger partial charge in [0.1, 0.15) is 12.1 Å². The molecular weight excluding hydrogens is 230 g/mol. The summed E-state index contributed by atoms with van der Waals surface area (Å²) in [6, 6.07) is 0. The number of esters is 1. The molecule has 2 rings (SSSR count). The molecule has 0 aliphatic heterocycles. The quantitative estimate of drug-likeness (QED) is 0.737. The van der Waals surface area contributed by atoms with Gasteiger partial charge in [-0.1, -0.05) is 0 Å². The van der Waals surface area contributed by atoms with Crippen LogP contribution >= 0.6 is 0 Å². The normalized spacial score (nSPS) is 13.2. The van der Waals surface area contributed by atoms with Crippen molar-refractivity contribution < 1.29 is 9.53 Å². The summed E-state index contributed by atoms with van der Waals surface area (Å²) in [5.74, 6) is 0.808. The summed E-state index contributed by atoms with van der Waals surface area (Å²) in [6.07, 6.45) is 5.25. The van der Waals surface area contributed by atoms with Gasteiger partial charge < -0.3 is 9.64 Å². The molecule has 5 heteroatoms. The van der Waals surface area contributed by atoms with Crippen molar-refractivity contribution >= 4 is 11.8 Å². The van der Waals surface area contributed by atoms with Gasteiger partial charge in [-0.25, -0.2) is 9.97 Å². The summed E-state index contributed by atoms with van der Waals surface area (Å²) in [4.78, 5) is 22.0. The molecule has 0 unspecified atom stereocenters. The van der Waals surface area contributed by atoms with E-state index >= 15 is 0 Å². The minimum Gasteiger partial charge on any atom is -0.469 e. The highest BCUT2D eigenvalue weighted by molar-refractivity contribution is 5.70. The van der Waals surface area contributed by atoms with Gasteiger partial charge in [0.05, 0.1) is 13.5 Å². The molecule has 1 aliphatic carbocycles. The van der Waals surface area contributed by atoms with Crippen LogP contribution in [0, 0.1) is 0 Å². The largest absolute Gasteiger partial charge is 0.469 e. The second-order valence-corrected chi connectivity index (χ2v) is 4.38. The lowest BCUT2D eigenvalue weighted by molar-refractivity contribution is -0.140. The van der Waals surface area contributed by atoms with Crippen molar-refractivity contribution in [2.75, 3.05) is 25.1 Å². The predicted octanol–water partition coefficient (Wildman–Crippen LogP) is 1.35. The van der Waals surface area contributed by atoms with Crippen molar-refractivity contribution in [1.29, 1.82) is 0 Å². The van der Waals surface area contributed by atoms with Crippen LogP contribution in [0.2, 0.25) is 0 Å². The molecule has 0 atom stereocenters. The first-order chi connectivity index (χ1) is 8.76. The number of anilines is 1. The predicted molar refractivity (Wildman–Crippen MR) is 68.6 cm³/mol. The Labute approximate surface area is 107 Å². The minimum atomic E-state index is -0.181. The molecule has 0 amide bonds. The van der Waals surface area contributed by atoms with Gasteiger partial charge in [-0.05, 0) is 26.2 Å². The molecule has 1 aliphatic rings. The van der Waals surface area contributed by atoms with Gasteiger partial charge in [-0.2, -0.15) is 0 Å². The van der Waals surface area contributed by atoms with E-state index in [0.29, 0.717) is 13.0 Å².